The van der Waals surface area contributed by atoms with Gasteiger partial charge in [-0.2, -0.15) is 0 Å². The zero-order valence-corrected chi connectivity index (χ0v) is 11.0. The predicted molar refractivity (Wildman–Crippen MR) is 73.4 cm³/mol. The summed E-state index contributed by atoms with van der Waals surface area (Å²) in [6.45, 7) is 0. The molecule has 2 heterocycles. The molecule has 4 rings (SSSR count). The van der Waals surface area contributed by atoms with E-state index in [1.165, 1.54) is 4.26 Å². The summed E-state index contributed by atoms with van der Waals surface area (Å²) in [5.41, 5.74) is 1.67. The van der Waals surface area contributed by atoms with Gasteiger partial charge in [0.15, 0.2) is 0 Å². The molecule has 0 bridgehead atoms. The van der Waals surface area contributed by atoms with Crippen molar-refractivity contribution in [2.24, 2.45) is 0 Å². The maximum absolute atomic E-state index is 12.4. The van der Waals surface area contributed by atoms with Gasteiger partial charge >= 0.3 is 108 Å². The summed E-state index contributed by atoms with van der Waals surface area (Å²) in [4.78, 5) is 17.1. The molecule has 0 aliphatic carbocycles. The summed E-state index contributed by atoms with van der Waals surface area (Å²) in [5.74, 6) is 0. The van der Waals surface area contributed by atoms with Crippen LogP contribution in [0.25, 0.3) is 26.2 Å². The molecule has 0 amide bonds. The van der Waals surface area contributed by atoms with Crippen molar-refractivity contribution in [2.75, 3.05) is 0 Å². The van der Waals surface area contributed by atoms with E-state index >= 15 is 0 Å². The van der Waals surface area contributed by atoms with Gasteiger partial charge in [0, 0.05) is 0 Å². The van der Waals surface area contributed by atoms with E-state index < -0.39 is 0 Å². The Morgan fingerprint density at radius 1 is 0.944 bits per heavy atom. The van der Waals surface area contributed by atoms with Gasteiger partial charge in [-0.25, -0.2) is 0 Å². The van der Waals surface area contributed by atoms with Crippen molar-refractivity contribution < 1.29 is 0 Å². The Bertz CT molecular complexity index is 952. The van der Waals surface area contributed by atoms with E-state index in [0.717, 1.165) is 16.6 Å². The van der Waals surface area contributed by atoms with E-state index in [1.807, 2.05) is 45.9 Å². The van der Waals surface area contributed by atoms with Crippen molar-refractivity contribution in [1.29, 1.82) is 0 Å². The van der Waals surface area contributed by atoms with Crippen LogP contribution in [0.5, 0.6) is 0 Å². The van der Waals surface area contributed by atoms with Crippen LogP contribution in [-0.4, -0.2) is 23.1 Å². The van der Waals surface area contributed by atoms with Crippen molar-refractivity contribution in [1.82, 2.24) is 8.38 Å². The quantitative estimate of drug-likeness (QED) is 0.466. The van der Waals surface area contributed by atoms with E-state index in [4.69, 9.17) is 0 Å². The molecule has 4 heteroatoms. The summed E-state index contributed by atoms with van der Waals surface area (Å²) >= 11 is 0.0139. The van der Waals surface area contributed by atoms with Gasteiger partial charge in [0.1, 0.15) is 0 Å². The molecule has 18 heavy (non-hydrogen) atoms. The Morgan fingerprint density at radius 2 is 1.67 bits per heavy atom. The third-order valence-electron chi connectivity index (χ3n) is 3.06. The molecule has 0 saturated carbocycles. The first-order chi connectivity index (χ1) is 8.84. The Labute approximate surface area is 108 Å². The fourth-order valence-corrected chi connectivity index (χ4v) is 4.30. The van der Waals surface area contributed by atoms with Crippen molar-refractivity contribution in [2.45, 2.75) is 0 Å². The Balaban J connectivity index is 2.38. The van der Waals surface area contributed by atoms with E-state index in [9.17, 15) is 4.79 Å². The molecule has 2 aromatic carbocycles. The molecular formula is C14H8N2OSe. The molecule has 0 aliphatic heterocycles. The van der Waals surface area contributed by atoms with Crippen LogP contribution < -0.4 is 5.56 Å². The van der Waals surface area contributed by atoms with E-state index in [0.29, 0.717) is 5.39 Å². The Hall–Kier alpha value is -1.90. The van der Waals surface area contributed by atoms with E-state index in [2.05, 4.69) is 11.1 Å². The van der Waals surface area contributed by atoms with E-state index in [1.54, 1.807) is 0 Å². The van der Waals surface area contributed by atoms with Gasteiger partial charge in [-0.05, 0) is 0 Å². The molecule has 0 spiro atoms. The molecule has 4 aromatic rings. The van der Waals surface area contributed by atoms with Gasteiger partial charge in [-0.15, -0.1) is 0 Å². The van der Waals surface area contributed by atoms with E-state index in [-0.39, 0.29) is 20.3 Å². The predicted octanol–water partition coefficient (Wildman–Crippen LogP) is 2.06. The number of aromatic nitrogens is 2. The van der Waals surface area contributed by atoms with Crippen LogP contribution in [0.4, 0.5) is 0 Å². The third-order valence-corrected chi connectivity index (χ3v) is 5.31. The molecule has 3 nitrogen and oxygen atoms in total. The first kappa shape index (κ1) is 10.1. The van der Waals surface area contributed by atoms with Crippen LogP contribution in [0.15, 0.2) is 53.3 Å². The fraction of sp³-hybridized carbons (Fsp3) is 0. The zero-order valence-electron chi connectivity index (χ0n) is 9.33. The minimum absolute atomic E-state index is 0.0139. The van der Waals surface area contributed by atoms with Gasteiger partial charge < -0.3 is 0 Å². The first-order valence-corrected chi connectivity index (χ1v) is 7.26. The molecule has 0 aliphatic rings. The van der Waals surface area contributed by atoms with Crippen molar-refractivity contribution in [3.8, 4) is 0 Å². The third kappa shape index (κ3) is 1.24. The molecule has 0 N–H and O–H groups in total. The SMILES string of the molecule is O=c1c2ccccc2nc2c3ccccc3[se]n12. The summed E-state index contributed by atoms with van der Waals surface area (Å²) in [7, 11) is 0. The van der Waals surface area contributed by atoms with Gasteiger partial charge in [0.25, 0.3) is 0 Å². The van der Waals surface area contributed by atoms with Crippen LogP contribution >= 0.6 is 0 Å². The number of benzene rings is 2. The number of rotatable bonds is 0. The van der Waals surface area contributed by atoms with Crippen molar-refractivity contribution >= 4 is 40.9 Å². The van der Waals surface area contributed by atoms with Gasteiger partial charge in [0.05, 0.1) is 0 Å². The molecule has 0 atom stereocenters. The molecule has 2 aromatic heterocycles. The number of para-hydroxylation sites is 1. The molecule has 0 fully saturated rings. The summed E-state index contributed by atoms with van der Waals surface area (Å²) in [6, 6.07) is 15.7. The average Bonchev–Trinajstić information content (AvgIpc) is 2.79. The summed E-state index contributed by atoms with van der Waals surface area (Å²) in [5, 5.41) is 1.80. The second kappa shape index (κ2) is 3.54. The molecule has 0 unspecified atom stereocenters. The fourth-order valence-electron chi connectivity index (χ4n) is 2.20. The van der Waals surface area contributed by atoms with Crippen LogP contribution in [-0.2, 0) is 0 Å². The number of nitrogens with zero attached hydrogens (tertiary/aromatic N) is 2. The van der Waals surface area contributed by atoms with Gasteiger partial charge in [-0.3, -0.25) is 0 Å². The zero-order chi connectivity index (χ0) is 12.1. The average molecular weight is 299 g/mol. The maximum atomic E-state index is 12.4. The van der Waals surface area contributed by atoms with Crippen molar-refractivity contribution in [3.05, 3.63) is 58.9 Å². The van der Waals surface area contributed by atoms with Crippen molar-refractivity contribution in [3.63, 3.8) is 0 Å². The second-order valence-corrected chi connectivity index (χ2v) is 6.21. The molecule has 0 radical (unpaired) electrons. The Morgan fingerprint density at radius 3 is 2.56 bits per heavy atom. The molecule has 0 saturated heterocycles. The minimum atomic E-state index is 0.0139. The number of fused-ring (bicyclic) bond motifs is 4. The van der Waals surface area contributed by atoms with Gasteiger partial charge in [0.2, 0.25) is 0 Å². The number of hydrogen-bond donors (Lipinski definition) is 0. The Kier molecular flexibility index (Phi) is 1.98. The molecule has 86 valence electrons. The van der Waals surface area contributed by atoms with Crippen LogP contribution in [0.2, 0.25) is 0 Å². The number of hydrogen-bond acceptors (Lipinski definition) is 2. The summed E-state index contributed by atoms with van der Waals surface area (Å²) < 4.78 is 3.05. The first-order valence-electron chi connectivity index (χ1n) is 5.64. The topological polar surface area (TPSA) is 34.4 Å². The normalized spacial score (nSPS) is 11.6. The second-order valence-electron chi connectivity index (χ2n) is 4.14. The van der Waals surface area contributed by atoms with Gasteiger partial charge in [-0.1, -0.05) is 0 Å². The monoisotopic (exact) mass is 300 g/mol. The van der Waals surface area contributed by atoms with Crippen LogP contribution in [0.3, 0.4) is 0 Å². The van der Waals surface area contributed by atoms with Crippen LogP contribution in [0, 0.1) is 0 Å². The molecular weight excluding hydrogens is 291 g/mol. The standard InChI is InChI=1S/C14H8N2OSe/c17-14-9-5-1-3-7-11(9)15-13-10-6-2-4-8-12(10)18-16(13)14/h1-8H. The summed E-state index contributed by atoms with van der Waals surface area (Å²) in [6.07, 6.45) is 0. The van der Waals surface area contributed by atoms with Crippen LogP contribution in [0.1, 0.15) is 0 Å².